The molecule has 0 unspecified atom stereocenters. The lowest BCUT2D eigenvalue weighted by molar-refractivity contribution is -0.137. The molecule has 2 heterocycles. The van der Waals surface area contributed by atoms with Crippen LogP contribution < -0.4 is 11.2 Å². The first kappa shape index (κ1) is 12.5. The van der Waals surface area contributed by atoms with Crippen molar-refractivity contribution in [1.29, 1.82) is 0 Å². The van der Waals surface area contributed by atoms with E-state index in [1.165, 1.54) is 18.3 Å². The zero-order valence-electron chi connectivity index (χ0n) is 9.62. The van der Waals surface area contributed by atoms with Crippen molar-refractivity contribution in [1.82, 2.24) is 9.55 Å². The van der Waals surface area contributed by atoms with Crippen LogP contribution in [-0.4, -0.2) is 33.2 Å². The number of nitrogens with zero attached hydrogens (tertiary/aromatic N) is 1. The van der Waals surface area contributed by atoms with Crippen molar-refractivity contribution >= 4 is 5.78 Å². The van der Waals surface area contributed by atoms with Gasteiger partial charge in [-0.2, -0.15) is 0 Å². The van der Waals surface area contributed by atoms with E-state index in [9.17, 15) is 14.4 Å². The standard InChI is InChI=1S/C11H12N2O5/c1-6-4-13(11(17)12-10(6)16)9-3-2-7(15)8(5-14)18-9/h2-4,8-9,14H,5H2,1H3,(H,12,16,17)/t8-,9-/m1/s1. The zero-order chi connectivity index (χ0) is 13.3. The summed E-state index contributed by atoms with van der Waals surface area (Å²) in [5.41, 5.74) is -0.749. The minimum absolute atomic E-state index is 0.351. The van der Waals surface area contributed by atoms with Gasteiger partial charge in [0, 0.05) is 11.8 Å². The van der Waals surface area contributed by atoms with Gasteiger partial charge in [0.1, 0.15) is 6.10 Å². The van der Waals surface area contributed by atoms with Crippen LogP contribution in [0.25, 0.3) is 0 Å². The summed E-state index contributed by atoms with van der Waals surface area (Å²) in [6, 6.07) is 0. The number of aromatic amines is 1. The average molecular weight is 252 g/mol. The summed E-state index contributed by atoms with van der Waals surface area (Å²) in [4.78, 5) is 36.3. The molecule has 0 aliphatic carbocycles. The third kappa shape index (κ3) is 2.18. The molecule has 1 aliphatic rings. The lowest BCUT2D eigenvalue weighted by Crippen LogP contribution is -2.39. The number of ketones is 1. The number of aliphatic hydroxyl groups excluding tert-OH is 1. The fraction of sp³-hybridized carbons (Fsp3) is 0.364. The van der Waals surface area contributed by atoms with E-state index in [-0.39, 0.29) is 5.78 Å². The topological polar surface area (TPSA) is 101 Å². The van der Waals surface area contributed by atoms with Gasteiger partial charge < -0.3 is 9.84 Å². The molecule has 1 aromatic heterocycles. The quantitative estimate of drug-likeness (QED) is 0.692. The molecule has 7 nitrogen and oxygen atoms in total. The summed E-state index contributed by atoms with van der Waals surface area (Å²) in [7, 11) is 0. The van der Waals surface area contributed by atoms with Crippen molar-refractivity contribution < 1.29 is 14.6 Å². The van der Waals surface area contributed by atoms with Gasteiger partial charge in [-0.3, -0.25) is 19.1 Å². The second kappa shape index (κ2) is 4.71. The zero-order valence-corrected chi connectivity index (χ0v) is 9.62. The molecule has 0 saturated carbocycles. The number of hydrogen-bond donors (Lipinski definition) is 2. The Balaban J connectivity index is 2.42. The third-order valence-corrected chi connectivity index (χ3v) is 2.63. The molecule has 2 rings (SSSR count). The highest BCUT2D eigenvalue weighted by Gasteiger charge is 2.26. The Labute approximate surface area is 101 Å². The Morgan fingerprint density at radius 2 is 2.17 bits per heavy atom. The summed E-state index contributed by atoms with van der Waals surface area (Å²) in [5.74, 6) is -0.358. The van der Waals surface area contributed by atoms with E-state index < -0.39 is 30.2 Å². The van der Waals surface area contributed by atoms with Crippen LogP contribution in [0.4, 0.5) is 0 Å². The lowest BCUT2D eigenvalue weighted by atomic mass is 10.2. The molecule has 0 aromatic carbocycles. The van der Waals surface area contributed by atoms with E-state index in [1.807, 2.05) is 0 Å². The maximum Gasteiger partial charge on any atom is 0.330 e. The van der Waals surface area contributed by atoms with Gasteiger partial charge in [0.2, 0.25) is 0 Å². The summed E-state index contributed by atoms with van der Waals surface area (Å²) in [6.07, 6.45) is 2.19. The van der Waals surface area contributed by atoms with Crippen LogP contribution in [0.15, 0.2) is 27.9 Å². The van der Waals surface area contributed by atoms with Crippen LogP contribution in [0.5, 0.6) is 0 Å². The number of carbonyl (C=O) groups excluding carboxylic acids is 1. The van der Waals surface area contributed by atoms with Crippen molar-refractivity contribution in [2.45, 2.75) is 19.3 Å². The van der Waals surface area contributed by atoms with Crippen molar-refractivity contribution in [3.05, 3.63) is 44.8 Å². The highest BCUT2D eigenvalue weighted by Crippen LogP contribution is 2.16. The monoisotopic (exact) mass is 252 g/mol. The first-order valence-corrected chi connectivity index (χ1v) is 5.33. The van der Waals surface area contributed by atoms with E-state index >= 15 is 0 Å². The molecule has 1 aromatic rings. The third-order valence-electron chi connectivity index (χ3n) is 2.63. The Hall–Kier alpha value is -1.99. The summed E-state index contributed by atoms with van der Waals surface area (Å²) >= 11 is 0. The van der Waals surface area contributed by atoms with Crippen LogP contribution >= 0.6 is 0 Å². The summed E-state index contributed by atoms with van der Waals surface area (Å²) < 4.78 is 6.42. The van der Waals surface area contributed by atoms with Gasteiger partial charge in [0.05, 0.1) is 6.61 Å². The van der Waals surface area contributed by atoms with Gasteiger partial charge in [-0.05, 0) is 19.1 Å². The molecule has 1 aliphatic heterocycles. The number of carbonyl (C=O) groups is 1. The highest BCUT2D eigenvalue weighted by molar-refractivity contribution is 5.94. The molecular formula is C11H12N2O5. The van der Waals surface area contributed by atoms with Crippen molar-refractivity contribution in [2.75, 3.05) is 6.61 Å². The van der Waals surface area contributed by atoms with Gasteiger partial charge in [-0.15, -0.1) is 0 Å². The van der Waals surface area contributed by atoms with E-state index in [1.54, 1.807) is 6.92 Å². The molecule has 0 amide bonds. The Bertz CT molecular complexity index is 613. The van der Waals surface area contributed by atoms with Gasteiger partial charge in [0.15, 0.2) is 12.0 Å². The van der Waals surface area contributed by atoms with Gasteiger partial charge in [-0.25, -0.2) is 4.79 Å². The molecule has 0 saturated heterocycles. The van der Waals surface area contributed by atoms with Crippen LogP contribution in [0.2, 0.25) is 0 Å². The Kier molecular flexibility index (Phi) is 3.26. The predicted molar refractivity (Wildman–Crippen MR) is 61.2 cm³/mol. The normalized spacial score (nSPS) is 23.3. The summed E-state index contributed by atoms with van der Waals surface area (Å²) in [5, 5.41) is 8.97. The van der Waals surface area contributed by atoms with Crippen molar-refractivity contribution in [3.8, 4) is 0 Å². The van der Waals surface area contributed by atoms with Gasteiger partial charge in [-0.1, -0.05) is 0 Å². The summed E-state index contributed by atoms with van der Waals surface area (Å²) in [6.45, 7) is 1.09. The molecule has 0 fully saturated rings. The molecule has 0 spiro atoms. The number of H-pyrrole nitrogens is 1. The van der Waals surface area contributed by atoms with Crippen molar-refractivity contribution in [2.24, 2.45) is 0 Å². The number of nitrogens with one attached hydrogen (secondary N) is 1. The minimum Gasteiger partial charge on any atom is -0.393 e. The highest BCUT2D eigenvalue weighted by atomic mass is 16.5. The average Bonchev–Trinajstić information content (AvgIpc) is 2.35. The number of hydrogen-bond acceptors (Lipinski definition) is 5. The molecule has 18 heavy (non-hydrogen) atoms. The van der Waals surface area contributed by atoms with Crippen LogP contribution in [0.3, 0.4) is 0 Å². The fourth-order valence-electron chi connectivity index (χ4n) is 1.63. The van der Waals surface area contributed by atoms with E-state index in [0.29, 0.717) is 5.56 Å². The van der Waals surface area contributed by atoms with Crippen LogP contribution in [-0.2, 0) is 9.53 Å². The van der Waals surface area contributed by atoms with E-state index in [2.05, 4.69) is 4.98 Å². The maximum absolute atomic E-state index is 11.6. The SMILES string of the molecule is Cc1cn([C@H]2C=CC(=O)[C@@H](CO)O2)c(=O)[nH]c1=O. The first-order chi connectivity index (χ1) is 8.52. The molecule has 0 bridgehead atoms. The predicted octanol–water partition coefficient (Wildman–Crippen LogP) is -1.14. The number of aryl methyl sites for hydroxylation is 1. The minimum atomic E-state index is -0.987. The molecule has 96 valence electrons. The van der Waals surface area contributed by atoms with Crippen LogP contribution in [0.1, 0.15) is 11.8 Å². The van der Waals surface area contributed by atoms with E-state index in [4.69, 9.17) is 9.84 Å². The molecule has 7 heteroatoms. The maximum atomic E-state index is 11.6. The smallest absolute Gasteiger partial charge is 0.330 e. The number of ether oxygens (including phenoxy) is 1. The number of rotatable bonds is 2. The molecule has 2 atom stereocenters. The lowest BCUT2D eigenvalue weighted by Gasteiger charge is -2.24. The van der Waals surface area contributed by atoms with Crippen LogP contribution in [0, 0.1) is 6.92 Å². The second-order valence-electron chi connectivity index (χ2n) is 3.94. The fourth-order valence-corrected chi connectivity index (χ4v) is 1.63. The number of aliphatic hydroxyl groups is 1. The Morgan fingerprint density at radius 3 is 2.83 bits per heavy atom. The first-order valence-electron chi connectivity index (χ1n) is 5.33. The molecule has 2 N–H and O–H groups in total. The second-order valence-corrected chi connectivity index (χ2v) is 3.94. The Morgan fingerprint density at radius 1 is 1.44 bits per heavy atom. The van der Waals surface area contributed by atoms with Gasteiger partial charge >= 0.3 is 5.69 Å². The largest absolute Gasteiger partial charge is 0.393 e. The van der Waals surface area contributed by atoms with Gasteiger partial charge in [0.25, 0.3) is 5.56 Å². The van der Waals surface area contributed by atoms with Crippen molar-refractivity contribution in [3.63, 3.8) is 0 Å². The molecular weight excluding hydrogens is 240 g/mol. The number of aromatic nitrogens is 2. The van der Waals surface area contributed by atoms with E-state index in [0.717, 1.165) is 4.57 Å². The molecule has 0 radical (unpaired) electrons.